The van der Waals surface area contributed by atoms with Gasteiger partial charge in [-0.05, 0) is 49.8 Å². The Kier molecular flexibility index (Phi) is 6.96. The normalized spacial score (nSPS) is 17.2. The van der Waals surface area contributed by atoms with Gasteiger partial charge in [-0.2, -0.15) is 0 Å². The van der Waals surface area contributed by atoms with Gasteiger partial charge in [0, 0.05) is 37.2 Å². The number of aliphatic hydroxyl groups is 1. The average Bonchev–Trinajstić information content (AvgIpc) is 3.33. The van der Waals surface area contributed by atoms with Crippen LogP contribution in [0.1, 0.15) is 42.5 Å². The quantitative estimate of drug-likeness (QED) is 0.566. The minimum absolute atomic E-state index is 0.0717. The van der Waals surface area contributed by atoms with E-state index in [-0.39, 0.29) is 30.4 Å². The highest BCUT2D eigenvalue weighted by molar-refractivity contribution is 5.85. The lowest BCUT2D eigenvalue weighted by Crippen LogP contribution is -2.38. The first-order chi connectivity index (χ1) is 17.5. The molecule has 0 aliphatic carbocycles. The number of methoxy groups -OCH3 is 1. The highest BCUT2D eigenvalue weighted by Crippen LogP contribution is 2.35. The van der Waals surface area contributed by atoms with Crippen molar-refractivity contribution in [2.75, 3.05) is 38.3 Å². The summed E-state index contributed by atoms with van der Waals surface area (Å²) in [7, 11) is 1.42. The smallest absolute Gasteiger partial charge is 0.409 e. The number of ether oxygens (including phenoxy) is 1. The number of carbonyl (C=O) groups is 2. The Bertz CT molecular complexity index is 1250. The number of rotatable bonds is 6. The van der Waals surface area contributed by atoms with E-state index >= 15 is 0 Å². The van der Waals surface area contributed by atoms with Crippen LogP contribution in [0.5, 0.6) is 0 Å². The second-order valence-corrected chi connectivity index (χ2v) is 9.92. The van der Waals surface area contributed by atoms with Crippen molar-refractivity contribution in [3.63, 3.8) is 0 Å². The maximum absolute atomic E-state index is 12.3. The van der Waals surface area contributed by atoms with Crippen LogP contribution in [-0.2, 0) is 28.9 Å². The van der Waals surface area contributed by atoms with Crippen molar-refractivity contribution in [1.82, 2.24) is 14.5 Å². The van der Waals surface area contributed by atoms with E-state index in [0.29, 0.717) is 39.0 Å². The maximum Gasteiger partial charge on any atom is 0.409 e. The summed E-state index contributed by atoms with van der Waals surface area (Å²) in [6.07, 6.45) is 2.75. The fourth-order valence-corrected chi connectivity index (χ4v) is 5.70. The molecule has 2 aliphatic heterocycles. The fourth-order valence-electron chi connectivity index (χ4n) is 5.70. The minimum atomic E-state index is -0.389. The van der Waals surface area contributed by atoms with Gasteiger partial charge in [-0.1, -0.05) is 36.4 Å². The van der Waals surface area contributed by atoms with Crippen molar-refractivity contribution in [2.45, 2.75) is 45.2 Å². The number of aromatic nitrogens is 2. The van der Waals surface area contributed by atoms with Gasteiger partial charge >= 0.3 is 6.09 Å². The van der Waals surface area contributed by atoms with Crippen LogP contribution < -0.4 is 4.90 Å². The van der Waals surface area contributed by atoms with Crippen molar-refractivity contribution in [2.24, 2.45) is 5.92 Å². The zero-order valence-corrected chi connectivity index (χ0v) is 21.0. The van der Waals surface area contributed by atoms with Crippen LogP contribution >= 0.6 is 0 Å². The van der Waals surface area contributed by atoms with Crippen LogP contribution in [0.2, 0.25) is 0 Å². The van der Waals surface area contributed by atoms with Crippen LogP contribution in [-0.4, -0.2) is 64.8 Å². The van der Waals surface area contributed by atoms with E-state index in [4.69, 9.17) is 9.72 Å². The molecule has 1 atom stereocenters. The van der Waals surface area contributed by atoms with Gasteiger partial charge in [0.2, 0.25) is 5.95 Å². The number of anilines is 1. The summed E-state index contributed by atoms with van der Waals surface area (Å²) in [6.45, 7) is 4.38. The van der Waals surface area contributed by atoms with Crippen LogP contribution in [0.15, 0.2) is 42.5 Å². The summed E-state index contributed by atoms with van der Waals surface area (Å²) >= 11 is 0. The number of piperidine rings is 1. The summed E-state index contributed by atoms with van der Waals surface area (Å²) in [5, 5.41) is 9.30. The lowest BCUT2D eigenvalue weighted by molar-refractivity contribution is -0.126. The molecule has 190 valence electrons. The molecule has 1 saturated heterocycles. The van der Waals surface area contributed by atoms with E-state index in [1.165, 1.54) is 18.2 Å². The van der Waals surface area contributed by atoms with Crippen molar-refractivity contribution in [3.8, 4) is 0 Å². The highest BCUT2D eigenvalue weighted by atomic mass is 16.5. The van der Waals surface area contributed by atoms with Crippen molar-refractivity contribution in [1.29, 1.82) is 0 Å². The van der Waals surface area contributed by atoms with Crippen molar-refractivity contribution >= 4 is 28.9 Å². The predicted octanol–water partition coefficient (Wildman–Crippen LogP) is 3.74. The number of Topliss-reactive ketones (excluding diaryl/α,β-unsaturated/α-hetero) is 1. The molecule has 0 bridgehead atoms. The molecule has 2 aromatic carbocycles. The Labute approximate surface area is 211 Å². The zero-order valence-electron chi connectivity index (χ0n) is 21.0. The van der Waals surface area contributed by atoms with Gasteiger partial charge in [-0.15, -0.1) is 0 Å². The van der Waals surface area contributed by atoms with Crippen molar-refractivity contribution in [3.05, 3.63) is 59.2 Å². The number of nitrogens with zero attached hydrogens (tertiary/aromatic N) is 4. The van der Waals surface area contributed by atoms with E-state index in [1.807, 2.05) is 6.07 Å². The summed E-state index contributed by atoms with van der Waals surface area (Å²) in [5.41, 5.74) is 5.57. The third kappa shape index (κ3) is 4.57. The molecule has 3 heterocycles. The number of carbonyl (C=O) groups excluding carboxylic acids is 2. The van der Waals surface area contributed by atoms with Gasteiger partial charge in [0.15, 0.2) is 5.78 Å². The summed E-state index contributed by atoms with van der Waals surface area (Å²) < 4.78 is 7.32. The third-order valence-corrected chi connectivity index (χ3v) is 7.68. The number of hydrogen-bond acceptors (Lipinski definition) is 6. The summed E-state index contributed by atoms with van der Waals surface area (Å²) in [5.74, 6) is 0.747. The fraction of sp³-hybridized carbons (Fsp3) is 0.464. The monoisotopic (exact) mass is 490 g/mol. The molecule has 36 heavy (non-hydrogen) atoms. The largest absolute Gasteiger partial charge is 0.453 e. The number of fused-ring (bicyclic) bond motifs is 3. The molecule has 0 spiro atoms. The van der Waals surface area contributed by atoms with Gasteiger partial charge in [-0.3, -0.25) is 4.79 Å². The van der Waals surface area contributed by atoms with Crippen LogP contribution in [0.25, 0.3) is 11.0 Å². The number of aliphatic hydroxyl groups excluding tert-OH is 1. The Morgan fingerprint density at radius 3 is 2.56 bits per heavy atom. The topological polar surface area (TPSA) is 87.9 Å². The van der Waals surface area contributed by atoms with Gasteiger partial charge in [-0.25, -0.2) is 9.78 Å². The number of imidazole rings is 1. The van der Waals surface area contributed by atoms with Gasteiger partial charge in [0.1, 0.15) is 6.61 Å². The van der Waals surface area contributed by atoms with E-state index in [0.717, 1.165) is 35.4 Å². The highest BCUT2D eigenvalue weighted by Gasteiger charge is 2.30. The lowest BCUT2D eigenvalue weighted by atomic mass is 9.93. The Morgan fingerprint density at radius 2 is 1.86 bits per heavy atom. The number of amides is 1. The Hall–Kier alpha value is -3.39. The SMILES string of the molecule is COC(=O)N1CCc2ccc3c(nc(N4CCC(C(=O)CO)CC4)n3[C@H](C)Cc3ccccc3)c2C1. The molecule has 1 N–H and O–H groups in total. The molecule has 3 aromatic rings. The first-order valence-electron chi connectivity index (χ1n) is 12.8. The molecular formula is C28H34N4O4. The molecule has 0 unspecified atom stereocenters. The summed E-state index contributed by atoms with van der Waals surface area (Å²) in [4.78, 5) is 33.6. The molecule has 1 fully saturated rings. The van der Waals surface area contributed by atoms with Crippen LogP contribution in [0.4, 0.5) is 10.7 Å². The Morgan fingerprint density at radius 1 is 1.11 bits per heavy atom. The standard InChI is InChI=1S/C28H34N4O4/c1-19(16-20-6-4-3-5-7-20)32-24-9-8-21-10-15-31(28(35)36-2)17-23(21)26(24)29-27(32)30-13-11-22(12-14-30)25(34)18-33/h3-9,19,22,33H,10-18H2,1-2H3/t19-/m1/s1. The van der Waals surface area contributed by atoms with Gasteiger partial charge < -0.3 is 24.2 Å². The number of benzene rings is 2. The number of ketones is 1. The Balaban J connectivity index is 1.55. The van der Waals surface area contributed by atoms with Crippen LogP contribution in [0, 0.1) is 5.92 Å². The lowest BCUT2D eigenvalue weighted by Gasteiger charge is -2.33. The average molecular weight is 491 g/mol. The summed E-state index contributed by atoms with van der Waals surface area (Å²) in [6, 6.07) is 15.0. The molecule has 0 saturated carbocycles. The van der Waals surface area contributed by atoms with Gasteiger partial charge in [0.25, 0.3) is 0 Å². The van der Waals surface area contributed by atoms with Crippen molar-refractivity contribution < 1.29 is 19.4 Å². The molecule has 8 heteroatoms. The molecule has 1 amide bonds. The first kappa shape index (κ1) is 24.3. The van der Waals surface area contributed by atoms with E-state index in [2.05, 4.69) is 52.8 Å². The zero-order chi connectivity index (χ0) is 25.2. The molecule has 8 nitrogen and oxygen atoms in total. The molecule has 1 aromatic heterocycles. The molecule has 2 aliphatic rings. The van der Waals surface area contributed by atoms with E-state index in [9.17, 15) is 14.7 Å². The minimum Gasteiger partial charge on any atom is -0.453 e. The second kappa shape index (κ2) is 10.3. The molecule has 5 rings (SSSR count). The first-order valence-corrected chi connectivity index (χ1v) is 12.8. The van der Waals surface area contributed by atoms with Gasteiger partial charge in [0.05, 0.1) is 24.7 Å². The molecular weight excluding hydrogens is 456 g/mol. The second-order valence-electron chi connectivity index (χ2n) is 9.92. The maximum atomic E-state index is 12.3. The molecule has 0 radical (unpaired) electrons. The third-order valence-electron chi connectivity index (χ3n) is 7.68. The predicted molar refractivity (Wildman–Crippen MR) is 138 cm³/mol. The van der Waals surface area contributed by atoms with E-state index in [1.54, 1.807) is 4.90 Å². The van der Waals surface area contributed by atoms with Crippen LogP contribution in [0.3, 0.4) is 0 Å². The number of hydrogen-bond donors (Lipinski definition) is 1. The van der Waals surface area contributed by atoms with E-state index < -0.39 is 0 Å².